The van der Waals surface area contributed by atoms with Crippen molar-refractivity contribution < 1.29 is 9.53 Å². The predicted molar refractivity (Wildman–Crippen MR) is 83.7 cm³/mol. The second-order valence-corrected chi connectivity index (χ2v) is 7.03. The lowest BCUT2D eigenvalue weighted by Gasteiger charge is -2.37. The van der Waals surface area contributed by atoms with Gasteiger partial charge in [0.1, 0.15) is 5.82 Å². The van der Waals surface area contributed by atoms with E-state index in [1.807, 2.05) is 6.92 Å². The molecule has 1 aliphatic carbocycles. The quantitative estimate of drug-likeness (QED) is 0.676. The lowest BCUT2D eigenvalue weighted by molar-refractivity contribution is -0.121. The summed E-state index contributed by atoms with van der Waals surface area (Å²) < 4.78 is 5.60. The molecule has 2 fully saturated rings. The van der Waals surface area contributed by atoms with Crippen molar-refractivity contribution in [3.05, 3.63) is 5.82 Å². The third-order valence-corrected chi connectivity index (χ3v) is 5.43. The Bertz CT molecular complexity index is 523. The SMILES string of the molecule is CO[C@H]1C[C@@H]2CNC[C@@H]2C[C@@H]1NC(=O)CSc1n[nH]c(C)n1. The molecule has 122 valence electrons. The molecule has 7 nitrogen and oxygen atoms in total. The van der Waals surface area contributed by atoms with Gasteiger partial charge >= 0.3 is 0 Å². The van der Waals surface area contributed by atoms with Crippen LogP contribution in [0.5, 0.6) is 0 Å². The van der Waals surface area contributed by atoms with E-state index >= 15 is 0 Å². The first-order chi connectivity index (χ1) is 10.7. The number of ether oxygens (including phenoxy) is 1. The first-order valence-electron chi connectivity index (χ1n) is 7.70. The minimum Gasteiger partial charge on any atom is -0.379 e. The van der Waals surface area contributed by atoms with E-state index in [1.165, 1.54) is 11.8 Å². The number of hydrogen-bond acceptors (Lipinski definition) is 6. The molecule has 1 amide bonds. The molecule has 2 heterocycles. The standard InChI is InChI=1S/C14H23N5O2S/c1-8-16-14(19-18-8)22-7-13(20)17-11-3-9-5-15-6-10(9)4-12(11)21-2/h9-12,15H,3-7H2,1-2H3,(H,17,20)(H,16,18,19)/t9-,10+,11-,12-/m0/s1. The molecule has 1 aromatic heterocycles. The molecule has 1 aliphatic heterocycles. The normalized spacial score (nSPS) is 31.0. The molecule has 3 rings (SSSR count). The van der Waals surface area contributed by atoms with Gasteiger partial charge in [-0.25, -0.2) is 4.98 Å². The molecule has 0 unspecified atom stereocenters. The number of rotatable bonds is 5. The van der Waals surface area contributed by atoms with Crippen molar-refractivity contribution in [1.82, 2.24) is 25.8 Å². The highest BCUT2D eigenvalue weighted by Gasteiger charge is 2.40. The number of aromatic amines is 1. The van der Waals surface area contributed by atoms with Crippen molar-refractivity contribution in [2.75, 3.05) is 26.0 Å². The summed E-state index contributed by atoms with van der Waals surface area (Å²) in [5, 5.41) is 14.0. The number of thioether (sulfide) groups is 1. The number of aromatic nitrogens is 3. The van der Waals surface area contributed by atoms with Gasteiger partial charge in [-0.1, -0.05) is 11.8 Å². The minimum atomic E-state index is 0.0175. The van der Waals surface area contributed by atoms with Crippen molar-refractivity contribution in [2.45, 2.75) is 37.1 Å². The summed E-state index contributed by atoms with van der Waals surface area (Å²) in [7, 11) is 1.73. The second-order valence-electron chi connectivity index (χ2n) is 6.09. The van der Waals surface area contributed by atoms with Crippen LogP contribution in [-0.4, -0.2) is 59.2 Å². The Labute approximate surface area is 134 Å². The smallest absolute Gasteiger partial charge is 0.230 e. The summed E-state index contributed by atoms with van der Waals surface area (Å²) in [6.45, 7) is 3.97. The molecular formula is C14H23N5O2S. The Morgan fingerprint density at radius 3 is 2.86 bits per heavy atom. The number of aryl methyl sites for hydroxylation is 1. The van der Waals surface area contributed by atoms with Gasteiger partial charge < -0.3 is 15.4 Å². The maximum absolute atomic E-state index is 12.2. The molecule has 2 aliphatic rings. The zero-order valence-electron chi connectivity index (χ0n) is 13.0. The van der Waals surface area contributed by atoms with Gasteiger partial charge in [-0.3, -0.25) is 9.89 Å². The third kappa shape index (κ3) is 3.61. The molecule has 3 N–H and O–H groups in total. The van der Waals surface area contributed by atoms with E-state index in [0.717, 1.165) is 31.8 Å². The van der Waals surface area contributed by atoms with Crippen molar-refractivity contribution in [2.24, 2.45) is 11.8 Å². The van der Waals surface area contributed by atoms with Crippen LogP contribution in [0, 0.1) is 18.8 Å². The fourth-order valence-corrected chi connectivity index (χ4v) is 4.11. The predicted octanol–water partition coefficient (Wildman–Crippen LogP) is 0.334. The highest BCUT2D eigenvalue weighted by molar-refractivity contribution is 7.99. The molecule has 1 saturated carbocycles. The largest absolute Gasteiger partial charge is 0.379 e. The summed E-state index contributed by atoms with van der Waals surface area (Å²) in [6.07, 6.45) is 2.12. The van der Waals surface area contributed by atoms with E-state index in [1.54, 1.807) is 7.11 Å². The van der Waals surface area contributed by atoms with Crippen LogP contribution in [0.15, 0.2) is 5.16 Å². The van der Waals surface area contributed by atoms with Crippen LogP contribution in [-0.2, 0) is 9.53 Å². The molecule has 0 bridgehead atoms. The molecule has 0 spiro atoms. The molecule has 4 atom stereocenters. The van der Waals surface area contributed by atoms with E-state index in [-0.39, 0.29) is 18.1 Å². The van der Waals surface area contributed by atoms with Crippen LogP contribution >= 0.6 is 11.8 Å². The van der Waals surface area contributed by atoms with Gasteiger partial charge in [0.15, 0.2) is 0 Å². The number of methoxy groups -OCH3 is 1. The van der Waals surface area contributed by atoms with Crippen LogP contribution in [0.3, 0.4) is 0 Å². The highest BCUT2D eigenvalue weighted by Crippen LogP contribution is 2.34. The topological polar surface area (TPSA) is 91.9 Å². The van der Waals surface area contributed by atoms with E-state index in [0.29, 0.717) is 22.7 Å². The lowest BCUT2D eigenvalue weighted by atomic mass is 9.77. The number of carbonyl (C=O) groups excluding carboxylic acids is 1. The van der Waals surface area contributed by atoms with Gasteiger partial charge in [-0.15, -0.1) is 5.10 Å². The first kappa shape index (κ1) is 15.8. The lowest BCUT2D eigenvalue weighted by Crippen LogP contribution is -2.50. The molecule has 8 heteroatoms. The van der Waals surface area contributed by atoms with Gasteiger partial charge in [-0.05, 0) is 44.7 Å². The van der Waals surface area contributed by atoms with Gasteiger partial charge in [0.05, 0.1) is 17.9 Å². The van der Waals surface area contributed by atoms with E-state index in [2.05, 4.69) is 25.8 Å². The number of H-pyrrole nitrogens is 1. The summed E-state index contributed by atoms with van der Waals surface area (Å²) >= 11 is 1.35. The van der Waals surface area contributed by atoms with Crippen molar-refractivity contribution >= 4 is 17.7 Å². The number of amides is 1. The number of nitrogens with one attached hydrogen (secondary N) is 3. The summed E-state index contributed by atoms with van der Waals surface area (Å²) in [6, 6.07) is 0.105. The van der Waals surface area contributed by atoms with Crippen LogP contribution in [0.25, 0.3) is 0 Å². The number of hydrogen-bond donors (Lipinski definition) is 3. The summed E-state index contributed by atoms with van der Waals surface area (Å²) in [4.78, 5) is 16.4. The van der Waals surface area contributed by atoms with Crippen LogP contribution in [0.2, 0.25) is 0 Å². The van der Waals surface area contributed by atoms with Crippen molar-refractivity contribution in [3.63, 3.8) is 0 Å². The highest BCUT2D eigenvalue weighted by atomic mass is 32.2. The molecular weight excluding hydrogens is 302 g/mol. The van der Waals surface area contributed by atoms with Crippen LogP contribution < -0.4 is 10.6 Å². The first-order valence-corrected chi connectivity index (χ1v) is 8.69. The zero-order valence-corrected chi connectivity index (χ0v) is 13.8. The zero-order chi connectivity index (χ0) is 15.5. The molecule has 0 radical (unpaired) electrons. The average molecular weight is 325 g/mol. The second kappa shape index (κ2) is 6.97. The Balaban J connectivity index is 1.51. The maximum atomic E-state index is 12.2. The molecule has 1 saturated heterocycles. The van der Waals surface area contributed by atoms with Gasteiger partial charge in [0, 0.05) is 7.11 Å². The van der Waals surface area contributed by atoms with Crippen molar-refractivity contribution in [1.29, 1.82) is 0 Å². The van der Waals surface area contributed by atoms with E-state index in [4.69, 9.17) is 4.74 Å². The maximum Gasteiger partial charge on any atom is 0.230 e. The Morgan fingerprint density at radius 1 is 1.41 bits per heavy atom. The average Bonchev–Trinajstić information content (AvgIpc) is 3.12. The van der Waals surface area contributed by atoms with Crippen LogP contribution in [0.1, 0.15) is 18.7 Å². The summed E-state index contributed by atoms with van der Waals surface area (Å²) in [5.74, 6) is 2.44. The Kier molecular flexibility index (Phi) is 5.00. The third-order valence-electron chi connectivity index (χ3n) is 4.58. The summed E-state index contributed by atoms with van der Waals surface area (Å²) in [5.41, 5.74) is 0. The van der Waals surface area contributed by atoms with Gasteiger partial charge in [-0.2, -0.15) is 0 Å². The fraction of sp³-hybridized carbons (Fsp3) is 0.786. The van der Waals surface area contributed by atoms with E-state index in [9.17, 15) is 4.79 Å². The number of fused-ring (bicyclic) bond motifs is 1. The van der Waals surface area contributed by atoms with Crippen molar-refractivity contribution in [3.8, 4) is 0 Å². The number of nitrogens with zero attached hydrogens (tertiary/aromatic N) is 2. The van der Waals surface area contributed by atoms with Gasteiger partial charge in [0.2, 0.25) is 11.1 Å². The molecule has 1 aromatic rings. The fourth-order valence-electron chi connectivity index (χ4n) is 3.46. The Hall–Kier alpha value is -1.12. The van der Waals surface area contributed by atoms with Gasteiger partial charge in [0.25, 0.3) is 0 Å². The number of carbonyl (C=O) groups is 1. The van der Waals surface area contributed by atoms with Crippen LogP contribution in [0.4, 0.5) is 0 Å². The minimum absolute atomic E-state index is 0.0175. The monoisotopic (exact) mass is 325 g/mol. The molecule has 0 aromatic carbocycles. The van der Waals surface area contributed by atoms with E-state index < -0.39 is 0 Å². The molecule has 22 heavy (non-hydrogen) atoms. The Morgan fingerprint density at radius 2 is 2.18 bits per heavy atom.